The molecule has 0 unspecified atom stereocenters. The first kappa shape index (κ1) is 14.7. The molecule has 0 spiro atoms. The molecule has 1 heterocycles. The fourth-order valence-electron chi connectivity index (χ4n) is 1.63. The number of hydrogen-bond donors (Lipinski definition) is 2. The van der Waals surface area contributed by atoms with Crippen molar-refractivity contribution in [3.63, 3.8) is 0 Å². The Morgan fingerprint density at radius 2 is 2.22 bits per heavy atom. The van der Waals surface area contributed by atoms with Crippen LogP contribution in [0.3, 0.4) is 0 Å². The van der Waals surface area contributed by atoms with E-state index in [1.807, 2.05) is 26.2 Å². The van der Waals surface area contributed by atoms with Crippen molar-refractivity contribution in [3.8, 4) is 0 Å². The van der Waals surface area contributed by atoms with Gasteiger partial charge < -0.3 is 15.2 Å². The summed E-state index contributed by atoms with van der Waals surface area (Å²) in [6.45, 7) is 9.10. The fourth-order valence-corrected chi connectivity index (χ4v) is 1.63. The van der Waals surface area contributed by atoms with Crippen LogP contribution >= 0.6 is 0 Å². The first-order chi connectivity index (χ1) is 8.65. The molecule has 5 heteroatoms. The maximum Gasteiger partial charge on any atom is 0.222 e. The summed E-state index contributed by atoms with van der Waals surface area (Å²) < 4.78 is 2.15. The molecule has 0 aliphatic heterocycles. The van der Waals surface area contributed by atoms with Crippen LogP contribution in [0, 0.1) is 5.92 Å². The van der Waals surface area contributed by atoms with Crippen LogP contribution in [-0.4, -0.2) is 28.5 Å². The second kappa shape index (κ2) is 7.87. The first-order valence-electron chi connectivity index (χ1n) is 6.63. The zero-order valence-electron chi connectivity index (χ0n) is 11.6. The molecular weight excluding hydrogens is 228 g/mol. The van der Waals surface area contributed by atoms with Crippen LogP contribution in [-0.2, 0) is 17.9 Å². The van der Waals surface area contributed by atoms with Crippen molar-refractivity contribution in [1.29, 1.82) is 0 Å². The third-order valence-corrected chi connectivity index (χ3v) is 2.67. The third kappa shape index (κ3) is 4.87. The quantitative estimate of drug-likeness (QED) is 0.682. The Hall–Kier alpha value is -1.36. The highest BCUT2D eigenvalue weighted by molar-refractivity contribution is 5.77. The zero-order valence-corrected chi connectivity index (χ0v) is 11.6. The predicted octanol–water partition coefficient (Wildman–Crippen LogP) is 1.15. The SMILES string of the molecule is CCCn1ccnc1CNCCNC(=O)C(C)C. The summed E-state index contributed by atoms with van der Waals surface area (Å²) >= 11 is 0. The molecule has 0 saturated carbocycles. The van der Waals surface area contributed by atoms with Crippen molar-refractivity contribution >= 4 is 5.91 Å². The van der Waals surface area contributed by atoms with Crippen molar-refractivity contribution in [1.82, 2.24) is 20.2 Å². The van der Waals surface area contributed by atoms with Gasteiger partial charge in [0.15, 0.2) is 0 Å². The number of carbonyl (C=O) groups excluding carboxylic acids is 1. The number of carbonyl (C=O) groups is 1. The normalized spacial score (nSPS) is 10.9. The molecule has 0 aliphatic carbocycles. The van der Waals surface area contributed by atoms with Crippen molar-refractivity contribution in [2.24, 2.45) is 5.92 Å². The number of amides is 1. The van der Waals surface area contributed by atoms with Gasteiger partial charge in [-0.15, -0.1) is 0 Å². The first-order valence-corrected chi connectivity index (χ1v) is 6.63. The summed E-state index contributed by atoms with van der Waals surface area (Å²) in [4.78, 5) is 15.6. The van der Waals surface area contributed by atoms with Gasteiger partial charge in [0, 0.05) is 37.9 Å². The minimum Gasteiger partial charge on any atom is -0.355 e. The second-order valence-electron chi connectivity index (χ2n) is 4.66. The van der Waals surface area contributed by atoms with E-state index in [2.05, 4.69) is 27.1 Å². The van der Waals surface area contributed by atoms with E-state index in [0.717, 1.165) is 31.9 Å². The van der Waals surface area contributed by atoms with Gasteiger partial charge >= 0.3 is 0 Å². The maximum absolute atomic E-state index is 11.3. The Labute approximate surface area is 109 Å². The van der Waals surface area contributed by atoms with E-state index in [0.29, 0.717) is 6.54 Å². The molecule has 0 saturated heterocycles. The molecule has 2 N–H and O–H groups in total. The third-order valence-electron chi connectivity index (χ3n) is 2.67. The van der Waals surface area contributed by atoms with Gasteiger partial charge in [0.2, 0.25) is 5.91 Å². The van der Waals surface area contributed by atoms with E-state index >= 15 is 0 Å². The highest BCUT2D eigenvalue weighted by atomic mass is 16.1. The van der Waals surface area contributed by atoms with Crippen molar-refractivity contribution < 1.29 is 4.79 Å². The molecule has 1 aromatic heterocycles. The smallest absolute Gasteiger partial charge is 0.222 e. The minimum absolute atomic E-state index is 0.0495. The molecule has 102 valence electrons. The van der Waals surface area contributed by atoms with Gasteiger partial charge in [0.1, 0.15) is 5.82 Å². The van der Waals surface area contributed by atoms with Crippen molar-refractivity contribution in [3.05, 3.63) is 18.2 Å². The Morgan fingerprint density at radius 1 is 1.44 bits per heavy atom. The summed E-state index contributed by atoms with van der Waals surface area (Å²) in [5, 5.41) is 6.16. The van der Waals surface area contributed by atoms with Gasteiger partial charge in [0.05, 0.1) is 6.54 Å². The predicted molar refractivity (Wildman–Crippen MR) is 72.1 cm³/mol. The van der Waals surface area contributed by atoms with Crippen LogP contribution in [0.1, 0.15) is 33.0 Å². The van der Waals surface area contributed by atoms with E-state index < -0.39 is 0 Å². The number of aryl methyl sites for hydroxylation is 1. The number of imidazole rings is 1. The second-order valence-corrected chi connectivity index (χ2v) is 4.66. The standard InChI is InChI=1S/C13H24N4O/c1-4-8-17-9-7-15-12(17)10-14-5-6-16-13(18)11(2)3/h7,9,11,14H,4-6,8,10H2,1-3H3,(H,16,18). The molecule has 1 aromatic rings. The average Bonchev–Trinajstić information content (AvgIpc) is 2.76. The number of nitrogens with zero attached hydrogens (tertiary/aromatic N) is 2. The Morgan fingerprint density at radius 3 is 2.89 bits per heavy atom. The minimum atomic E-state index is 0.0495. The van der Waals surface area contributed by atoms with Crippen molar-refractivity contribution in [2.45, 2.75) is 40.3 Å². The number of hydrogen-bond acceptors (Lipinski definition) is 3. The monoisotopic (exact) mass is 252 g/mol. The molecule has 18 heavy (non-hydrogen) atoms. The van der Waals surface area contributed by atoms with E-state index in [9.17, 15) is 4.79 Å². The summed E-state index contributed by atoms with van der Waals surface area (Å²) in [6.07, 6.45) is 4.93. The van der Waals surface area contributed by atoms with Gasteiger partial charge in [0.25, 0.3) is 0 Å². The molecule has 1 rings (SSSR count). The lowest BCUT2D eigenvalue weighted by Gasteiger charge is -2.09. The van der Waals surface area contributed by atoms with Gasteiger partial charge in [-0.05, 0) is 6.42 Å². The lowest BCUT2D eigenvalue weighted by molar-refractivity contribution is -0.123. The molecule has 0 atom stereocenters. The topological polar surface area (TPSA) is 59.0 Å². The summed E-state index contributed by atoms with van der Waals surface area (Å²) in [5.41, 5.74) is 0. The largest absolute Gasteiger partial charge is 0.355 e. The van der Waals surface area contributed by atoms with Crippen LogP contribution < -0.4 is 10.6 Å². The molecule has 0 radical (unpaired) electrons. The molecule has 0 fully saturated rings. The van der Waals surface area contributed by atoms with Gasteiger partial charge in [-0.2, -0.15) is 0 Å². The Bertz CT molecular complexity index is 360. The fraction of sp³-hybridized carbons (Fsp3) is 0.692. The molecule has 0 bridgehead atoms. The van der Waals surface area contributed by atoms with E-state index in [1.165, 1.54) is 0 Å². The van der Waals surface area contributed by atoms with Gasteiger partial charge in [-0.25, -0.2) is 4.98 Å². The highest BCUT2D eigenvalue weighted by Crippen LogP contribution is 1.98. The summed E-state index contributed by atoms with van der Waals surface area (Å²) in [7, 11) is 0. The van der Waals surface area contributed by atoms with Crippen LogP contribution in [0.25, 0.3) is 0 Å². The molecular formula is C13H24N4O. The van der Waals surface area contributed by atoms with E-state index in [-0.39, 0.29) is 11.8 Å². The van der Waals surface area contributed by atoms with Crippen molar-refractivity contribution in [2.75, 3.05) is 13.1 Å². The van der Waals surface area contributed by atoms with Crippen LogP contribution in [0.2, 0.25) is 0 Å². The molecule has 0 aromatic carbocycles. The lowest BCUT2D eigenvalue weighted by Crippen LogP contribution is -2.34. The number of rotatable bonds is 8. The van der Waals surface area contributed by atoms with Gasteiger partial charge in [-0.3, -0.25) is 4.79 Å². The van der Waals surface area contributed by atoms with Gasteiger partial charge in [-0.1, -0.05) is 20.8 Å². The number of aromatic nitrogens is 2. The zero-order chi connectivity index (χ0) is 13.4. The molecule has 1 amide bonds. The number of nitrogens with one attached hydrogen (secondary N) is 2. The summed E-state index contributed by atoms with van der Waals surface area (Å²) in [5.74, 6) is 1.20. The summed E-state index contributed by atoms with van der Waals surface area (Å²) in [6, 6.07) is 0. The van der Waals surface area contributed by atoms with Crippen LogP contribution in [0.15, 0.2) is 12.4 Å². The van der Waals surface area contributed by atoms with E-state index in [4.69, 9.17) is 0 Å². The maximum atomic E-state index is 11.3. The van der Waals surface area contributed by atoms with Crippen LogP contribution in [0.5, 0.6) is 0 Å². The van der Waals surface area contributed by atoms with Crippen LogP contribution in [0.4, 0.5) is 0 Å². The Balaban J connectivity index is 2.17. The van der Waals surface area contributed by atoms with E-state index in [1.54, 1.807) is 0 Å². The molecule has 0 aliphatic rings. The molecule has 5 nitrogen and oxygen atoms in total. The highest BCUT2D eigenvalue weighted by Gasteiger charge is 2.05. The lowest BCUT2D eigenvalue weighted by atomic mass is 10.2. The average molecular weight is 252 g/mol. The Kier molecular flexibility index (Phi) is 6.43.